The van der Waals surface area contributed by atoms with Crippen LogP contribution in [0.15, 0.2) is 72.9 Å². The van der Waals surface area contributed by atoms with Crippen molar-refractivity contribution in [2.45, 2.75) is 72.6 Å². The number of amides is 5. The zero-order chi connectivity index (χ0) is 43.6. The van der Waals surface area contributed by atoms with Crippen LogP contribution >= 0.6 is 11.8 Å². The van der Waals surface area contributed by atoms with Gasteiger partial charge in [0.2, 0.25) is 17.7 Å². The van der Waals surface area contributed by atoms with E-state index in [2.05, 4.69) is 36.3 Å². The number of hydrogen-bond acceptors (Lipinski definition) is 8. The third-order valence-corrected chi connectivity index (χ3v) is 11.2. The zero-order valence-corrected chi connectivity index (χ0v) is 36.3. The minimum Gasteiger partial charge on any atom is -0.360 e. The average molecular weight is 849 g/mol. The summed E-state index contributed by atoms with van der Waals surface area (Å²) in [5, 5.41) is 5.34. The molecule has 2 N–H and O–H groups in total. The summed E-state index contributed by atoms with van der Waals surface area (Å²) < 4.78 is 38.0. The number of ether oxygens (including phenoxy) is 1. The van der Waals surface area contributed by atoms with Gasteiger partial charge in [0, 0.05) is 86.6 Å². The lowest BCUT2D eigenvalue weighted by atomic mass is 9.82. The number of aromatic nitrogens is 1. The number of rotatable bonds is 19. The molecule has 15 heteroatoms. The van der Waals surface area contributed by atoms with E-state index in [1.165, 1.54) is 17.8 Å². The second kappa shape index (κ2) is 20.6. The van der Waals surface area contributed by atoms with E-state index in [-0.39, 0.29) is 54.2 Å². The van der Waals surface area contributed by atoms with Crippen molar-refractivity contribution in [1.82, 2.24) is 29.9 Å². The predicted octanol–water partition coefficient (Wildman–Crippen LogP) is 5.77. The molecule has 0 aliphatic carbocycles. The molecule has 2 aliphatic rings. The Morgan fingerprint density at radius 2 is 1.62 bits per heavy atom. The Kier molecular flexibility index (Phi) is 15.9. The SMILES string of the molecule is CC(C)(C)OCN1CCC(CN(C(=O)CSCCC(=O)NCCNC(=O)CN2C(=O)C=CC2=O)[C@@H](c2cc(-c3cc(F)ccc3F)cn2Cc2ccccc2)C(C)(C)C)C1. The third kappa shape index (κ3) is 13.3. The molecule has 0 saturated carbocycles. The van der Waals surface area contributed by atoms with Gasteiger partial charge in [0.05, 0.1) is 24.1 Å². The van der Waals surface area contributed by atoms with Crippen LogP contribution in [0.1, 0.15) is 71.7 Å². The fourth-order valence-electron chi connectivity index (χ4n) is 7.39. The molecule has 3 aromatic rings. The van der Waals surface area contributed by atoms with E-state index in [0.29, 0.717) is 31.1 Å². The highest BCUT2D eigenvalue weighted by Gasteiger charge is 2.39. The number of benzene rings is 2. The molecule has 0 spiro atoms. The van der Waals surface area contributed by atoms with Gasteiger partial charge in [-0.2, -0.15) is 11.8 Å². The second-order valence-electron chi connectivity index (χ2n) is 17.4. The first-order chi connectivity index (χ1) is 28.4. The summed E-state index contributed by atoms with van der Waals surface area (Å²) in [6.45, 7) is 15.2. The molecular formula is C45H58F2N6O6S. The maximum Gasteiger partial charge on any atom is 0.254 e. The summed E-state index contributed by atoms with van der Waals surface area (Å²) in [5.74, 6) is -2.40. The molecule has 12 nitrogen and oxygen atoms in total. The molecule has 60 heavy (non-hydrogen) atoms. The molecule has 1 saturated heterocycles. The van der Waals surface area contributed by atoms with E-state index in [0.717, 1.165) is 60.0 Å². The lowest BCUT2D eigenvalue weighted by Gasteiger charge is -2.42. The minimum absolute atomic E-state index is 0.0939. The van der Waals surface area contributed by atoms with Gasteiger partial charge in [-0.3, -0.25) is 33.8 Å². The molecule has 1 fully saturated rings. The van der Waals surface area contributed by atoms with Crippen LogP contribution in [0.25, 0.3) is 11.1 Å². The van der Waals surface area contributed by atoms with Gasteiger partial charge in [-0.1, -0.05) is 51.1 Å². The van der Waals surface area contributed by atoms with Crippen molar-refractivity contribution < 1.29 is 37.5 Å². The van der Waals surface area contributed by atoms with Crippen molar-refractivity contribution in [2.75, 3.05) is 57.5 Å². The van der Waals surface area contributed by atoms with Crippen LogP contribution in [0.4, 0.5) is 8.78 Å². The summed E-state index contributed by atoms with van der Waals surface area (Å²) in [6, 6.07) is 14.7. The number of likely N-dealkylation sites (tertiary alicyclic amines) is 1. The molecule has 324 valence electrons. The number of nitrogens with one attached hydrogen (secondary N) is 2. The lowest BCUT2D eigenvalue weighted by Crippen LogP contribution is -2.45. The fraction of sp³-hybridized carbons (Fsp3) is 0.489. The van der Waals surface area contributed by atoms with E-state index in [1.54, 1.807) is 0 Å². The molecule has 0 radical (unpaired) electrons. The Morgan fingerprint density at radius 1 is 0.933 bits per heavy atom. The quantitative estimate of drug-likeness (QED) is 0.115. The van der Waals surface area contributed by atoms with Crippen LogP contribution < -0.4 is 10.6 Å². The number of hydrogen-bond donors (Lipinski definition) is 2. The summed E-state index contributed by atoms with van der Waals surface area (Å²) in [7, 11) is 0. The molecule has 1 unspecified atom stereocenters. The number of imide groups is 1. The van der Waals surface area contributed by atoms with E-state index in [1.807, 2.05) is 72.8 Å². The molecule has 3 heterocycles. The monoisotopic (exact) mass is 848 g/mol. The first kappa shape index (κ1) is 46.2. The Hall–Kier alpha value is -4.86. The Morgan fingerprint density at radius 3 is 2.28 bits per heavy atom. The Bertz CT molecular complexity index is 2010. The van der Waals surface area contributed by atoms with Crippen LogP contribution in [-0.2, 0) is 35.3 Å². The maximum absolute atomic E-state index is 15.3. The summed E-state index contributed by atoms with van der Waals surface area (Å²) in [5.41, 5.74) is 1.68. The number of halogens is 2. The van der Waals surface area contributed by atoms with E-state index in [9.17, 15) is 28.4 Å². The molecular weight excluding hydrogens is 791 g/mol. The van der Waals surface area contributed by atoms with Crippen molar-refractivity contribution in [2.24, 2.45) is 11.3 Å². The van der Waals surface area contributed by atoms with Crippen LogP contribution in [0.3, 0.4) is 0 Å². The van der Waals surface area contributed by atoms with Gasteiger partial charge in [-0.05, 0) is 68.4 Å². The zero-order valence-electron chi connectivity index (χ0n) is 35.5. The second-order valence-corrected chi connectivity index (χ2v) is 18.5. The van der Waals surface area contributed by atoms with Crippen LogP contribution in [0, 0.1) is 23.0 Å². The highest BCUT2D eigenvalue weighted by molar-refractivity contribution is 7.99. The molecule has 0 bridgehead atoms. The highest BCUT2D eigenvalue weighted by Crippen LogP contribution is 2.42. The Balaban J connectivity index is 1.31. The number of nitrogens with zero attached hydrogens (tertiary/aromatic N) is 4. The van der Waals surface area contributed by atoms with Crippen molar-refractivity contribution in [3.05, 3.63) is 95.8 Å². The van der Waals surface area contributed by atoms with Crippen molar-refractivity contribution in [1.29, 1.82) is 0 Å². The van der Waals surface area contributed by atoms with Crippen molar-refractivity contribution in [3.63, 3.8) is 0 Å². The Labute approximate surface area is 356 Å². The first-order valence-corrected chi connectivity index (χ1v) is 21.5. The topological polar surface area (TPSA) is 133 Å². The van der Waals surface area contributed by atoms with Gasteiger partial charge in [0.15, 0.2) is 0 Å². The lowest BCUT2D eigenvalue weighted by molar-refractivity contribution is -0.141. The number of carbonyl (C=O) groups is 5. The van der Waals surface area contributed by atoms with Crippen LogP contribution in [0.2, 0.25) is 0 Å². The molecule has 5 rings (SSSR count). The van der Waals surface area contributed by atoms with Gasteiger partial charge in [0.1, 0.15) is 18.2 Å². The van der Waals surface area contributed by atoms with E-state index < -0.39 is 47.4 Å². The van der Waals surface area contributed by atoms with Gasteiger partial charge in [-0.15, -0.1) is 0 Å². The number of carbonyl (C=O) groups excluding carboxylic acids is 5. The smallest absolute Gasteiger partial charge is 0.254 e. The molecule has 2 aliphatic heterocycles. The first-order valence-electron chi connectivity index (χ1n) is 20.4. The van der Waals surface area contributed by atoms with Crippen molar-refractivity contribution >= 4 is 41.3 Å². The summed E-state index contributed by atoms with van der Waals surface area (Å²) in [6.07, 6.45) is 5.07. The molecule has 2 atom stereocenters. The maximum atomic E-state index is 15.3. The average Bonchev–Trinajstić information content (AvgIpc) is 3.90. The van der Waals surface area contributed by atoms with Crippen molar-refractivity contribution in [3.8, 4) is 11.1 Å². The van der Waals surface area contributed by atoms with E-state index >= 15 is 4.39 Å². The molecule has 2 aromatic carbocycles. The van der Waals surface area contributed by atoms with Gasteiger partial charge in [-0.25, -0.2) is 8.78 Å². The predicted molar refractivity (Wildman–Crippen MR) is 228 cm³/mol. The summed E-state index contributed by atoms with van der Waals surface area (Å²) >= 11 is 1.36. The van der Waals surface area contributed by atoms with Gasteiger partial charge in [0.25, 0.3) is 11.8 Å². The molecule has 5 amide bonds. The summed E-state index contributed by atoms with van der Waals surface area (Å²) in [4.78, 5) is 67.9. The van der Waals surface area contributed by atoms with Gasteiger partial charge >= 0.3 is 0 Å². The third-order valence-electron chi connectivity index (χ3n) is 10.3. The normalized spacial score (nSPS) is 16.4. The van der Waals surface area contributed by atoms with Crippen LogP contribution in [-0.4, -0.2) is 112 Å². The molecule has 1 aromatic heterocycles. The fourth-order valence-corrected chi connectivity index (χ4v) is 8.21. The minimum atomic E-state index is -0.548. The number of thioether (sulfide) groups is 1. The van der Waals surface area contributed by atoms with E-state index in [4.69, 9.17) is 4.74 Å². The highest BCUT2D eigenvalue weighted by atomic mass is 32.2. The largest absolute Gasteiger partial charge is 0.360 e. The standard InChI is InChI=1S/C45H58F2N6O6S/c1-44(2,3)43(37-22-33(35-23-34(46)12-13-36(35)47)27-51(37)25-31-10-8-7-9-11-31)53(26-32-16-20-50(24-32)30-59-45(4,5)6)42(58)29-60-21-17-38(54)48-18-19-49-39(55)28-52-40(56)14-15-41(52)57/h7-15,22-23,27,32,43H,16-21,24-26,28-30H2,1-6H3,(H,48,54)(H,49,55)/t32?,43-/m0/s1. The van der Waals surface area contributed by atoms with Crippen LogP contribution in [0.5, 0.6) is 0 Å². The van der Waals surface area contributed by atoms with Gasteiger partial charge < -0.3 is 24.8 Å².